The van der Waals surface area contributed by atoms with Crippen LogP contribution in [0.4, 0.5) is 0 Å². The van der Waals surface area contributed by atoms with Gasteiger partial charge in [-0.2, -0.15) is 0 Å². The molecule has 1 aromatic rings. The minimum Gasteiger partial charge on any atom is -0.394 e. The molecule has 1 fully saturated rings. The summed E-state index contributed by atoms with van der Waals surface area (Å²) in [6.45, 7) is 6.12. The maximum Gasteiger partial charge on any atom is 0.251 e. The molecule has 24 heavy (non-hydrogen) atoms. The molecule has 0 saturated heterocycles. The number of carbonyl (C=O) groups excluding carboxylic acids is 2. The first kappa shape index (κ1) is 18.5. The minimum atomic E-state index is -0.542. The second-order valence-electron chi connectivity index (χ2n) is 7.35. The van der Waals surface area contributed by atoms with E-state index in [1.165, 1.54) is 0 Å². The Balaban J connectivity index is 1.98. The highest BCUT2D eigenvalue weighted by molar-refractivity contribution is 5.94. The fourth-order valence-electron chi connectivity index (χ4n) is 2.88. The van der Waals surface area contributed by atoms with Crippen molar-refractivity contribution >= 4 is 11.8 Å². The second-order valence-corrected chi connectivity index (χ2v) is 7.35. The summed E-state index contributed by atoms with van der Waals surface area (Å²) >= 11 is 0. The van der Waals surface area contributed by atoms with Gasteiger partial charge in [-0.3, -0.25) is 9.59 Å². The molecular weight excluding hydrogens is 304 g/mol. The summed E-state index contributed by atoms with van der Waals surface area (Å²) in [5.74, 6) is 0.261. The zero-order valence-corrected chi connectivity index (χ0v) is 15.0. The van der Waals surface area contributed by atoms with E-state index in [2.05, 4.69) is 5.32 Å². The van der Waals surface area contributed by atoms with E-state index >= 15 is 0 Å². The Morgan fingerprint density at radius 3 is 2.33 bits per heavy atom. The maximum atomic E-state index is 12.4. The van der Waals surface area contributed by atoms with Gasteiger partial charge in [-0.15, -0.1) is 0 Å². The third-order valence-corrected chi connectivity index (χ3v) is 4.71. The molecule has 1 aliphatic rings. The number of amides is 2. The van der Waals surface area contributed by atoms with E-state index in [0.717, 1.165) is 18.4 Å². The van der Waals surface area contributed by atoms with Crippen molar-refractivity contribution in [2.24, 2.45) is 11.8 Å². The Morgan fingerprint density at radius 2 is 1.88 bits per heavy atom. The lowest BCUT2D eigenvalue weighted by Gasteiger charge is -2.28. The highest BCUT2D eigenvalue weighted by Crippen LogP contribution is 2.39. The van der Waals surface area contributed by atoms with Crippen LogP contribution in [0.5, 0.6) is 0 Å². The number of rotatable bonds is 7. The molecule has 5 nitrogen and oxygen atoms in total. The van der Waals surface area contributed by atoms with Crippen LogP contribution in [0.2, 0.25) is 0 Å². The van der Waals surface area contributed by atoms with Gasteiger partial charge in [0.1, 0.15) is 0 Å². The van der Waals surface area contributed by atoms with Crippen molar-refractivity contribution in [1.29, 1.82) is 0 Å². The summed E-state index contributed by atoms with van der Waals surface area (Å²) in [5, 5.41) is 12.5. The molecule has 2 rings (SSSR count). The lowest BCUT2D eigenvalue weighted by molar-refractivity contribution is -0.133. The highest BCUT2D eigenvalue weighted by Gasteiger charge is 2.42. The molecule has 132 valence electrons. The Morgan fingerprint density at radius 1 is 1.29 bits per heavy atom. The van der Waals surface area contributed by atoms with Crippen LogP contribution in [0.1, 0.15) is 49.5 Å². The third-order valence-electron chi connectivity index (χ3n) is 4.71. The van der Waals surface area contributed by atoms with Gasteiger partial charge >= 0.3 is 0 Å². The van der Waals surface area contributed by atoms with Gasteiger partial charge in [-0.05, 0) is 43.4 Å². The fourth-order valence-corrected chi connectivity index (χ4v) is 2.88. The molecule has 1 saturated carbocycles. The van der Waals surface area contributed by atoms with Crippen molar-refractivity contribution < 1.29 is 14.7 Å². The SMILES string of the molecule is CC(C)C(=O)N(C)Cc1ccc(C(=O)NC(C)(CO)C2CC2)cc1. The summed E-state index contributed by atoms with van der Waals surface area (Å²) < 4.78 is 0. The Labute approximate surface area is 144 Å². The maximum absolute atomic E-state index is 12.4. The molecule has 2 N–H and O–H groups in total. The number of benzene rings is 1. The number of hydrogen-bond donors (Lipinski definition) is 2. The first-order valence-corrected chi connectivity index (χ1v) is 8.54. The molecule has 1 aliphatic carbocycles. The van der Waals surface area contributed by atoms with E-state index in [4.69, 9.17) is 0 Å². The number of aliphatic hydroxyl groups is 1. The van der Waals surface area contributed by atoms with Crippen molar-refractivity contribution in [3.63, 3.8) is 0 Å². The largest absolute Gasteiger partial charge is 0.394 e. The van der Waals surface area contributed by atoms with Gasteiger partial charge < -0.3 is 15.3 Å². The molecule has 0 heterocycles. The van der Waals surface area contributed by atoms with E-state index in [9.17, 15) is 14.7 Å². The number of aliphatic hydroxyl groups excluding tert-OH is 1. The van der Waals surface area contributed by atoms with Crippen molar-refractivity contribution in [2.75, 3.05) is 13.7 Å². The average molecular weight is 332 g/mol. The number of hydrogen-bond acceptors (Lipinski definition) is 3. The van der Waals surface area contributed by atoms with E-state index in [-0.39, 0.29) is 24.3 Å². The first-order chi connectivity index (χ1) is 11.3. The summed E-state index contributed by atoms with van der Waals surface area (Å²) in [6.07, 6.45) is 2.10. The quantitative estimate of drug-likeness (QED) is 0.804. The van der Waals surface area contributed by atoms with E-state index in [1.807, 2.05) is 32.9 Å². The lowest BCUT2D eigenvalue weighted by Crippen LogP contribution is -2.50. The predicted molar refractivity (Wildman–Crippen MR) is 93.4 cm³/mol. The van der Waals surface area contributed by atoms with Crippen LogP contribution in [0.25, 0.3) is 0 Å². The molecule has 0 bridgehead atoms. The Kier molecular flexibility index (Phi) is 5.65. The van der Waals surface area contributed by atoms with Crippen LogP contribution in [0.15, 0.2) is 24.3 Å². The summed E-state index contributed by atoms with van der Waals surface area (Å²) in [5.41, 5.74) is 1.01. The summed E-state index contributed by atoms with van der Waals surface area (Å²) in [6, 6.07) is 7.27. The molecule has 1 atom stereocenters. The molecule has 1 aromatic carbocycles. The van der Waals surface area contributed by atoms with Gasteiger partial charge in [0.05, 0.1) is 12.1 Å². The number of nitrogens with one attached hydrogen (secondary N) is 1. The lowest BCUT2D eigenvalue weighted by atomic mass is 9.96. The smallest absolute Gasteiger partial charge is 0.251 e. The van der Waals surface area contributed by atoms with E-state index in [0.29, 0.717) is 18.0 Å². The van der Waals surface area contributed by atoms with Crippen LogP contribution in [-0.4, -0.2) is 41.0 Å². The van der Waals surface area contributed by atoms with Crippen LogP contribution in [0.3, 0.4) is 0 Å². The molecule has 2 amide bonds. The van der Waals surface area contributed by atoms with Crippen molar-refractivity contribution in [3.05, 3.63) is 35.4 Å². The normalized spacial score (nSPS) is 16.6. The van der Waals surface area contributed by atoms with Gasteiger partial charge in [-0.1, -0.05) is 26.0 Å². The number of carbonyl (C=O) groups is 2. The minimum absolute atomic E-state index is 0.0290. The molecule has 0 radical (unpaired) electrons. The van der Waals surface area contributed by atoms with E-state index in [1.54, 1.807) is 24.1 Å². The standard InChI is InChI=1S/C19H28N2O3/c1-13(2)18(24)21(4)11-14-5-7-15(8-6-14)17(23)20-19(3,12-22)16-9-10-16/h5-8,13,16,22H,9-12H2,1-4H3,(H,20,23). The molecule has 0 aromatic heterocycles. The Hall–Kier alpha value is -1.88. The van der Waals surface area contributed by atoms with Gasteiger partial charge in [0.2, 0.25) is 5.91 Å². The zero-order chi connectivity index (χ0) is 17.9. The first-order valence-electron chi connectivity index (χ1n) is 8.54. The van der Waals surface area contributed by atoms with E-state index < -0.39 is 5.54 Å². The predicted octanol–water partition coefficient (Wildman–Crippen LogP) is 2.19. The van der Waals surface area contributed by atoms with Crippen LogP contribution in [0, 0.1) is 11.8 Å². The second kappa shape index (κ2) is 7.34. The molecular formula is C19H28N2O3. The molecule has 0 aliphatic heterocycles. The number of nitrogens with zero attached hydrogens (tertiary/aromatic N) is 1. The van der Waals surface area contributed by atoms with Gasteiger partial charge in [0.15, 0.2) is 0 Å². The van der Waals surface area contributed by atoms with Gasteiger partial charge in [0.25, 0.3) is 5.91 Å². The van der Waals surface area contributed by atoms with Crippen LogP contribution >= 0.6 is 0 Å². The summed E-state index contributed by atoms with van der Waals surface area (Å²) in [7, 11) is 1.78. The van der Waals surface area contributed by atoms with Crippen LogP contribution < -0.4 is 5.32 Å². The third kappa shape index (κ3) is 4.35. The van der Waals surface area contributed by atoms with Crippen molar-refractivity contribution in [3.8, 4) is 0 Å². The molecule has 5 heteroatoms. The monoisotopic (exact) mass is 332 g/mol. The highest BCUT2D eigenvalue weighted by atomic mass is 16.3. The van der Waals surface area contributed by atoms with Crippen molar-refractivity contribution in [1.82, 2.24) is 10.2 Å². The molecule has 1 unspecified atom stereocenters. The summed E-state index contributed by atoms with van der Waals surface area (Å²) in [4.78, 5) is 26.0. The zero-order valence-electron chi connectivity index (χ0n) is 15.0. The van der Waals surface area contributed by atoms with Gasteiger partial charge in [-0.25, -0.2) is 0 Å². The van der Waals surface area contributed by atoms with Crippen molar-refractivity contribution in [2.45, 2.75) is 45.7 Å². The fraction of sp³-hybridized carbons (Fsp3) is 0.579. The topological polar surface area (TPSA) is 69.6 Å². The van der Waals surface area contributed by atoms with Gasteiger partial charge in [0, 0.05) is 25.1 Å². The Bertz CT molecular complexity index is 593. The molecule has 0 spiro atoms. The average Bonchev–Trinajstić information content (AvgIpc) is 3.39. The van der Waals surface area contributed by atoms with Crippen LogP contribution in [-0.2, 0) is 11.3 Å².